The summed E-state index contributed by atoms with van der Waals surface area (Å²) in [5.41, 5.74) is 0. The maximum Gasteiger partial charge on any atom is 0.102 e. The Morgan fingerprint density at radius 1 is 0.667 bits per heavy atom. The number of ether oxygens (including phenoxy) is 1. The summed E-state index contributed by atoms with van der Waals surface area (Å²) in [4.78, 5) is 0. The quantitative estimate of drug-likeness (QED) is 0.226. The lowest BCUT2D eigenvalue weighted by Gasteiger charge is -2.25. The highest BCUT2D eigenvalue weighted by Crippen LogP contribution is 1.92. The maximum atomic E-state index is 5.55. The predicted molar refractivity (Wildman–Crippen MR) is 56.6 cm³/mol. The van der Waals surface area contributed by atoms with Gasteiger partial charge in [-0.05, 0) is 0 Å². The van der Waals surface area contributed by atoms with Gasteiger partial charge in [0.2, 0.25) is 0 Å². The second kappa shape index (κ2) is 9.38. The Hall–Kier alpha value is 1.34. The van der Waals surface area contributed by atoms with Crippen LogP contribution >= 0.6 is 0 Å². The van der Waals surface area contributed by atoms with Crippen molar-refractivity contribution in [3.63, 3.8) is 0 Å². The van der Waals surface area contributed by atoms with E-state index in [1.54, 1.807) is 0 Å². The van der Waals surface area contributed by atoms with Crippen LogP contribution in [0.15, 0.2) is 0 Å². The van der Waals surface area contributed by atoms with Gasteiger partial charge in [0.1, 0.15) is 13.1 Å². The van der Waals surface area contributed by atoms with Crippen LogP contribution in [0, 0.1) is 0 Å². The molecule has 0 saturated carbocycles. The smallest absolute Gasteiger partial charge is 0.102 e. The van der Waals surface area contributed by atoms with Crippen LogP contribution in [0.3, 0.4) is 0 Å². The van der Waals surface area contributed by atoms with Crippen LogP contribution in [0.4, 0.5) is 0 Å². The molecule has 0 heterocycles. The Morgan fingerprint density at radius 2 is 0.933 bits per heavy atom. The lowest BCUT2D eigenvalue weighted by atomic mass is 10.5. The van der Waals surface area contributed by atoms with Gasteiger partial charge in [-0.1, -0.05) is 0 Å². The van der Waals surface area contributed by atoms with Crippen molar-refractivity contribution in [2.24, 2.45) is 0 Å². The predicted octanol–water partition coefficient (Wildman–Crippen LogP) is -5.58. The Kier molecular flexibility index (Phi) is 13.5. The average Bonchev–Trinajstić information content (AvgIpc) is 1.81. The number of rotatable bonds is 6. The Bertz CT molecular complexity index is 125. The van der Waals surface area contributed by atoms with Gasteiger partial charge in [0.05, 0.1) is 55.5 Å². The second-order valence-electron chi connectivity index (χ2n) is 5.64. The third-order valence-electron chi connectivity index (χ3n) is 1.81. The van der Waals surface area contributed by atoms with Crippen molar-refractivity contribution >= 4 is 0 Å². The molecular weight excluding hydrogens is 418 g/mol. The van der Waals surface area contributed by atoms with E-state index in [1.807, 2.05) is 0 Å². The highest BCUT2D eigenvalue weighted by atomic mass is 127. The summed E-state index contributed by atoms with van der Waals surface area (Å²) in [5.74, 6) is 0. The van der Waals surface area contributed by atoms with Crippen molar-refractivity contribution < 1.29 is 61.7 Å². The van der Waals surface area contributed by atoms with E-state index in [2.05, 4.69) is 42.3 Å². The highest BCUT2D eigenvalue weighted by molar-refractivity contribution is 4.31. The van der Waals surface area contributed by atoms with E-state index in [-0.39, 0.29) is 48.0 Å². The Labute approximate surface area is 129 Å². The molecule has 5 heteroatoms. The van der Waals surface area contributed by atoms with Gasteiger partial charge in [-0.3, -0.25) is 0 Å². The molecule has 0 aromatic carbocycles. The van der Waals surface area contributed by atoms with Gasteiger partial charge in [0.25, 0.3) is 0 Å². The first kappa shape index (κ1) is 21.6. The van der Waals surface area contributed by atoms with Crippen LogP contribution in [0.1, 0.15) is 0 Å². The molecule has 0 spiro atoms. The van der Waals surface area contributed by atoms with Crippen LogP contribution in [0.25, 0.3) is 0 Å². The number of halogens is 2. The van der Waals surface area contributed by atoms with E-state index in [1.165, 1.54) is 0 Å². The van der Waals surface area contributed by atoms with Gasteiger partial charge in [-0.2, -0.15) is 0 Å². The summed E-state index contributed by atoms with van der Waals surface area (Å²) in [5, 5.41) is 0. The molecule has 0 unspecified atom stereocenters. The Balaban J connectivity index is -0.000000720. The van der Waals surface area contributed by atoms with Gasteiger partial charge in [0, 0.05) is 0 Å². The van der Waals surface area contributed by atoms with E-state index in [4.69, 9.17) is 4.74 Å². The van der Waals surface area contributed by atoms with Crippen LogP contribution in [-0.4, -0.2) is 77.6 Å². The van der Waals surface area contributed by atoms with Crippen LogP contribution in [0.5, 0.6) is 0 Å². The fourth-order valence-corrected chi connectivity index (χ4v) is 0.779. The summed E-state index contributed by atoms with van der Waals surface area (Å²) in [7, 11) is 13.1. The molecule has 0 aliphatic rings. The monoisotopic (exact) mass is 444 g/mol. The molecule has 0 aromatic rings. The van der Waals surface area contributed by atoms with Gasteiger partial charge in [-0.15, -0.1) is 0 Å². The van der Waals surface area contributed by atoms with Crippen molar-refractivity contribution in [2.75, 3.05) is 68.6 Å². The minimum Gasteiger partial charge on any atom is -1.00 e. The summed E-state index contributed by atoms with van der Waals surface area (Å²) < 4.78 is 7.51. The van der Waals surface area contributed by atoms with Crippen molar-refractivity contribution in [1.29, 1.82) is 0 Å². The Morgan fingerprint density at radius 3 is 1.13 bits per heavy atom. The van der Waals surface area contributed by atoms with Gasteiger partial charge < -0.3 is 61.7 Å². The third-order valence-corrected chi connectivity index (χ3v) is 1.81. The van der Waals surface area contributed by atoms with E-state index in [9.17, 15) is 0 Å². The number of hydrogen-bond acceptors (Lipinski definition) is 1. The van der Waals surface area contributed by atoms with Crippen LogP contribution < -0.4 is 48.0 Å². The minimum atomic E-state index is 0. The van der Waals surface area contributed by atoms with Gasteiger partial charge in [-0.25, -0.2) is 0 Å². The SMILES string of the molecule is C[N+](C)(C)CCOCC[N+](C)(C)C.[I-].[I-]. The molecule has 0 radical (unpaired) electrons. The molecule has 0 aromatic heterocycles. The highest BCUT2D eigenvalue weighted by Gasteiger charge is 2.08. The maximum absolute atomic E-state index is 5.55. The van der Waals surface area contributed by atoms with E-state index in [0.29, 0.717) is 0 Å². The molecule has 0 rings (SSSR count). The molecule has 3 nitrogen and oxygen atoms in total. The molecule has 96 valence electrons. The lowest BCUT2D eigenvalue weighted by Crippen LogP contribution is -3.00. The van der Waals surface area contributed by atoms with Crippen LogP contribution in [-0.2, 0) is 4.74 Å². The molecule has 0 aliphatic carbocycles. The molecule has 0 N–H and O–H groups in total. The molecule has 0 fully saturated rings. The second-order valence-corrected chi connectivity index (χ2v) is 5.64. The number of likely N-dealkylation sites (N-methyl/N-ethyl adjacent to an activating group) is 2. The minimum absolute atomic E-state index is 0. The molecule has 0 amide bonds. The first-order chi connectivity index (χ1) is 5.71. The van der Waals surface area contributed by atoms with Crippen molar-refractivity contribution in [3.05, 3.63) is 0 Å². The zero-order valence-electron chi connectivity index (χ0n) is 10.9. The first-order valence-electron chi connectivity index (χ1n) is 4.89. The normalized spacial score (nSPS) is 11.6. The zero-order valence-corrected chi connectivity index (χ0v) is 15.2. The summed E-state index contributed by atoms with van der Waals surface area (Å²) in [6.45, 7) is 3.89. The number of quaternary nitrogens is 2. The van der Waals surface area contributed by atoms with E-state index >= 15 is 0 Å². The summed E-state index contributed by atoms with van der Waals surface area (Å²) in [6.07, 6.45) is 0. The molecule has 0 bridgehead atoms. The molecule has 0 atom stereocenters. The first-order valence-corrected chi connectivity index (χ1v) is 4.89. The molecule has 15 heavy (non-hydrogen) atoms. The average molecular weight is 444 g/mol. The largest absolute Gasteiger partial charge is 1.00 e. The number of nitrogens with zero attached hydrogens (tertiary/aromatic N) is 2. The fourth-order valence-electron chi connectivity index (χ4n) is 0.779. The van der Waals surface area contributed by atoms with Crippen molar-refractivity contribution in [2.45, 2.75) is 0 Å². The molecule has 0 saturated heterocycles. The third kappa shape index (κ3) is 21.2. The number of hydrogen-bond donors (Lipinski definition) is 0. The van der Waals surface area contributed by atoms with E-state index < -0.39 is 0 Å². The van der Waals surface area contributed by atoms with E-state index in [0.717, 1.165) is 35.3 Å². The molecule has 0 aliphatic heterocycles. The zero-order chi connectivity index (χ0) is 10.5. The van der Waals surface area contributed by atoms with Gasteiger partial charge in [0.15, 0.2) is 0 Å². The van der Waals surface area contributed by atoms with Crippen molar-refractivity contribution in [3.8, 4) is 0 Å². The van der Waals surface area contributed by atoms with Crippen molar-refractivity contribution in [1.82, 2.24) is 0 Å². The summed E-state index contributed by atoms with van der Waals surface area (Å²) >= 11 is 0. The molecular formula is C10H26I2N2O. The fraction of sp³-hybridized carbons (Fsp3) is 1.00. The summed E-state index contributed by atoms with van der Waals surface area (Å²) in [6, 6.07) is 0. The van der Waals surface area contributed by atoms with Crippen LogP contribution in [0.2, 0.25) is 0 Å². The lowest BCUT2D eigenvalue weighted by molar-refractivity contribution is -0.874. The topological polar surface area (TPSA) is 9.23 Å². The van der Waals surface area contributed by atoms with Gasteiger partial charge >= 0.3 is 0 Å². The standard InChI is InChI=1S/C10H26N2O.2HI/c1-11(2,3)7-9-13-10-8-12(4,5)6;;/h7-10H2,1-6H3;2*1H/q+2;;/p-2.